The first-order chi connectivity index (χ1) is 18.4. The van der Waals surface area contributed by atoms with Crippen molar-refractivity contribution in [1.82, 2.24) is 24.8 Å². The summed E-state index contributed by atoms with van der Waals surface area (Å²) in [5, 5.41) is 5.28. The maximum absolute atomic E-state index is 12.0. The third-order valence-electron chi connectivity index (χ3n) is 5.94. The molecule has 202 valence electrons. The van der Waals surface area contributed by atoms with E-state index in [1.54, 1.807) is 17.6 Å². The zero-order valence-corrected chi connectivity index (χ0v) is 21.4. The lowest BCUT2D eigenvalue weighted by Crippen LogP contribution is -2.32. The molecule has 15 heteroatoms. The van der Waals surface area contributed by atoms with Crippen molar-refractivity contribution >= 4 is 36.9 Å². The van der Waals surface area contributed by atoms with E-state index < -0.39 is 44.7 Å². The number of hydrogen-bond acceptors (Lipinski definition) is 11. The van der Waals surface area contributed by atoms with Gasteiger partial charge >= 0.3 is 6.03 Å². The summed E-state index contributed by atoms with van der Waals surface area (Å²) >= 11 is 0. The zero-order chi connectivity index (χ0) is 26.7. The smallest absolute Gasteiger partial charge is 0.320 e. The second kappa shape index (κ2) is 11.3. The second-order valence-corrected chi connectivity index (χ2v) is 9.88. The number of phosphoric acid groups is 1. The van der Waals surface area contributed by atoms with Gasteiger partial charge in [-0.1, -0.05) is 36.4 Å². The molecule has 2 amide bonds. The highest BCUT2D eigenvalue weighted by molar-refractivity contribution is 7.45. The standard InChI is InChI=1S/C23H27N6O8P/c1-3-24-23(30)28-20-17-21(26-12-25-20)29(13-27-17)22-19-18(15(35-22)11-34-38(31,32)33-2)36-16(37-19)10-9-14-7-5-4-6-8-14/h4-10,12-13,15-16,18-19,22H,3,11H2,1-2H3,(H,31,32)(H2,24,25,26,28,30)/p-1/b10-9+/t15-,16+,18+,19+,22-/m1/s1. The summed E-state index contributed by atoms with van der Waals surface area (Å²) in [7, 11) is -3.49. The van der Waals surface area contributed by atoms with Crippen LogP contribution in [-0.2, 0) is 27.8 Å². The fraction of sp³-hybridized carbons (Fsp3) is 0.391. The number of amides is 2. The van der Waals surface area contributed by atoms with E-state index in [0.29, 0.717) is 17.7 Å². The molecule has 2 fully saturated rings. The number of rotatable bonds is 9. The minimum atomic E-state index is -4.50. The maximum Gasteiger partial charge on any atom is 0.320 e. The van der Waals surface area contributed by atoms with E-state index >= 15 is 0 Å². The Morgan fingerprint density at radius 1 is 1.18 bits per heavy atom. The number of phosphoric ester groups is 1. The Bertz CT molecular complexity index is 1350. The van der Waals surface area contributed by atoms with Crippen LogP contribution in [0.1, 0.15) is 18.7 Å². The monoisotopic (exact) mass is 545 g/mol. The lowest BCUT2D eigenvalue weighted by atomic mass is 10.1. The van der Waals surface area contributed by atoms with Crippen molar-refractivity contribution in [2.45, 2.75) is 37.8 Å². The number of imidazole rings is 1. The number of aromatic nitrogens is 4. The molecule has 0 spiro atoms. The lowest BCUT2D eigenvalue weighted by Gasteiger charge is -2.24. The molecule has 0 aliphatic carbocycles. The van der Waals surface area contributed by atoms with E-state index in [9.17, 15) is 14.3 Å². The molecule has 1 aromatic carbocycles. The SMILES string of the molecule is CCNC(=O)Nc1ncnc2c1ncn2[C@@H]1O[C@H](COP(=O)([O-])OC)[C@@H]2O[C@H](/C=C/c3ccccc3)O[C@@H]21. The summed E-state index contributed by atoms with van der Waals surface area (Å²) in [5.74, 6) is 0.216. The Labute approximate surface area is 217 Å². The summed E-state index contributed by atoms with van der Waals surface area (Å²) in [6.45, 7) is 1.88. The van der Waals surface area contributed by atoms with Gasteiger partial charge in [0.1, 0.15) is 24.6 Å². The second-order valence-electron chi connectivity index (χ2n) is 8.36. The molecule has 2 saturated heterocycles. The fourth-order valence-corrected chi connectivity index (χ4v) is 4.66. The lowest BCUT2D eigenvalue weighted by molar-refractivity contribution is -0.226. The van der Waals surface area contributed by atoms with Gasteiger partial charge in [-0.05, 0) is 18.6 Å². The molecule has 0 bridgehead atoms. The van der Waals surface area contributed by atoms with Crippen LogP contribution in [0.15, 0.2) is 49.1 Å². The van der Waals surface area contributed by atoms with Gasteiger partial charge in [0.2, 0.25) is 0 Å². The van der Waals surface area contributed by atoms with Crippen LogP contribution in [0.2, 0.25) is 0 Å². The molecule has 6 atom stereocenters. The van der Waals surface area contributed by atoms with Gasteiger partial charge in [0.05, 0.1) is 12.9 Å². The van der Waals surface area contributed by atoms with Crippen LogP contribution >= 0.6 is 7.82 Å². The molecule has 5 rings (SSSR count). The molecule has 3 aromatic rings. The van der Waals surface area contributed by atoms with Crippen molar-refractivity contribution in [1.29, 1.82) is 0 Å². The minimum absolute atomic E-state index is 0.216. The zero-order valence-electron chi connectivity index (χ0n) is 20.5. The van der Waals surface area contributed by atoms with Crippen molar-refractivity contribution in [3.8, 4) is 0 Å². The predicted octanol–water partition coefficient (Wildman–Crippen LogP) is 1.82. The molecule has 2 N–H and O–H groups in total. The van der Waals surface area contributed by atoms with Crippen LogP contribution in [0.4, 0.5) is 10.6 Å². The van der Waals surface area contributed by atoms with E-state index in [1.165, 1.54) is 12.7 Å². The first-order valence-electron chi connectivity index (χ1n) is 11.8. The van der Waals surface area contributed by atoms with Gasteiger partial charge in [0, 0.05) is 13.7 Å². The molecule has 14 nitrogen and oxygen atoms in total. The van der Waals surface area contributed by atoms with Gasteiger partial charge in [0.15, 0.2) is 29.5 Å². The number of hydrogen-bond donors (Lipinski definition) is 2. The van der Waals surface area contributed by atoms with E-state index in [1.807, 2.05) is 36.4 Å². The van der Waals surface area contributed by atoms with Gasteiger partial charge in [-0.2, -0.15) is 0 Å². The molecule has 38 heavy (non-hydrogen) atoms. The molecule has 2 aliphatic heterocycles. The Kier molecular flexibility index (Phi) is 7.81. The van der Waals surface area contributed by atoms with Gasteiger partial charge in [-0.15, -0.1) is 0 Å². The highest BCUT2D eigenvalue weighted by atomic mass is 31.2. The summed E-state index contributed by atoms with van der Waals surface area (Å²) in [5.41, 5.74) is 1.66. The number of urea groups is 1. The van der Waals surface area contributed by atoms with E-state index in [0.717, 1.165) is 12.7 Å². The summed E-state index contributed by atoms with van der Waals surface area (Å²) in [6.07, 6.45) is 2.74. The van der Waals surface area contributed by atoms with E-state index in [2.05, 4.69) is 30.1 Å². The van der Waals surface area contributed by atoms with Crippen LogP contribution in [0.25, 0.3) is 17.2 Å². The van der Waals surface area contributed by atoms with Gasteiger partial charge in [0.25, 0.3) is 7.82 Å². The third-order valence-corrected chi connectivity index (χ3v) is 6.85. The average molecular weight is 545 g/mol. The minimum Gasteiger partial charge on any atom is -0.756 e. The largest absolute Gasteiger partial charge is 0.756 e. The van der Waals surface area contributed by atoms with Gasteiger partial charge < -0.3 is 33.5 Å². The van der Waals surface area contributed by atoms with Crippen LogP contribution in [0.3, 0.4) is 0 Å². The van der Waals surface area contributed by atoms with Crippen LogP contribution in [0.5, 0.6) is 0 Å². The number of nitrogens with zero attached hydrogens (tertiary/aromatic N) is 4. The van der Waals surface area contributed by atoms with Crippen molar-refractivity contribution in [2.24, 2.45) is 0 Å². The van der Waals surface area contributed by atoms with Crippen molar-refractivity contribution in [3.63, 3.8) is 0 Å². The van der Waals surface area contributed by atoms with Gasteiger partial charge in [-0.3, -0.25) is 14.4 Å². The first kappa shape index (κ1) is 26.4. The Hall–Kier alpha value is -3.23. The summed E-state index contributed by atoms with van der Waals surface area (Å²) < 4.78 is 41.2. The molecule has 2 aromatic heterocycles. The van der Waals surface area contributed by atoms with E-state index in [4.69, 9.17) is 18.7 Å². The number of anilines is 1. The Morgan fingerprint density at radius 2 is 1.97 bits per heavy atom. The Morgan fingerprint density at radius 3 is 2.74 bits per heavy atom. The van der Waals surface area contributed by atoms with Gasteiger partial charge in [-0.25, -0.2) is 19.7 Å². The quantitative estimate of drug-likeness (QED) is 0.376. The number of fused-ring (bicyclic) bond motifs is 2. The summed E-state index contributed by atoms with van der Waals surface area (Å²) in [6, 6.07) is 9.20. The molecular formula is C23H26N6O8P-. The van der Waals surface area contributed by atoms with Crippen molar-refractivity contribution in [2.75, 3.05) is 25.6 Å². The first-order valence-corrected chi connectivity index (χ1v) is 13.3. The average Bonchev–Trinajstić information content (AvgIpc) is 3.61. The fourth-order valence-electron chi connectivity index (χ4n) is 4.22. The maximum atomic E-state index is 12.0. The van der Waals surface area contributed by atoms with Crippen molar-refractivity contribution < 1.29 is 37.5 Å². The molecule has 0 radical (unpaired) electrons. The molecule has 1 unspecified atom stereocenters. The highest BCUT2D eigenvalue weighted by Gasteiger charge is 2.53. The normalized spacial score (nSPS) is 26.4. The van der Waals surface area contributed by atoms with Crippen LogP contribution < -0.4 is 15.5 Å². The third kappa shape index (κ3) is 5.61. The van der Waals surface area contributed by atoms with Crippen LogP contribution in [0, 0.1) is 0 Å². The number of carbonyl (C=O) groups excluding carboxylic acids is 1. The molecule has 4 heterocycles. The van der Waals surface area contributed by atoms with Crippen LogP contribution in [-0.4, -0.2) is 70.4 Å². The molecule has 2 aliphatic rings. The molecule has 0 saturated carbocycles. The predicted molar refractivity (Wildman–Crippen MR) is 132 cm³/mol. The number of ether oxygens (including phenoxy) is 3. The number of nitrogens with one attached hydrogen (secondary N) is 2. The van der Waals surface area contributed by atoms with Crippen molar-refractivity contribution in [3.05, 3.63) is 54.6 Å². The topological polar surface area (TPSA) is 171 Å². The number of carbonyl (C=O) groups is 1. The Balaban J connectivity index is 1.41. The summed E-state index contributed by atoms with van der Waals surface area (Å²) in [4.78, 5) is 36.6. The number of benzene rings is 1. The molecular weight excluding hydrogens is 519 g/mol. The highest BCUT2D eigenvalue weighted by Crippen LogP contribution is 2.44. The van der Waals surface area contributed by atoms with E-state index in [-0.39, 0.29) is 12.4 Å².